The van der Waals surface area contributed by atoms with E-state index in [0.717, 1.165) is 27.4 Å². The van der Waals surface area contributed by atoms with Crippen LogP contribution in [0.4, 0.5) is 0 Å². The van der Waals surface area contributed by atoms with Crippen LogP contribution in [0.5, 0.6) is 0 Å². The van der Waals surface area contributed by atoms with Gasteiger partial charge in [-0.3, -0.25) is 4.98 Å². The first-order chi connectivity index (χ1) is 9.74. The number of aryl methyl sites for hydroxylation is 1. The van der Waals surface area contributed by atoms with E-state index in [-0.39, 0.29) is 0 Å². The molecule has 0 N–H and O–H groups in total. The molecule has 1 heterocycles. The van der Waals surface area contributed by atoms with Gasteiger partial charge in [-0.15, -0.1) is 0 Å². The first kappa shape index (κ1) is 12.9. The van der Waals surface area contributed by atoms with Crippen LogP contribution in [0.25, 0.3) is 22.4 Å². The van der Waals surface area contributed by atoms with E-state index in [9.17, 15) is 0 Å². The smallest absolute Gasteiger partial charge is 0.0708 e. The van der Waals surface area contributed by atoms with Crippen molar-refractivity contribution < 1.29 is 0 Å². The fourth-order valence-corrected chi connectivity index (χ4v) is 2.34. The first-order valence-electron chi connectivity index (χ1n) is 6.52. The SMILES string of the molecule is Cc1ccc(-c2ccccc2-c2ccc(Cl)cc2)nc1. The number of hydrogen-bond donors (Lipinski definition) is 0. The van der Waals surface area contributed by atoms with Gasteiger partial charge < -0.3 is 0 Å². The lowest BCUT2D eigenvalue weighted by atomic mass is 9.97. The molecule has 1 nitrogen and oxygen atoms in total. The highest BCUT2D eigenvalue weighted by Crippen LogP contribution is 2.31. The second kappa shape index (κ2) is 5.48. The van der Waals surface area contributed by atoms with E-state index in [2.05, 4.69) is 29.2 Å². The third-order valence-electron chi connectivity index (χ3n) is 3.27. The van der Waals surface area contributed by atoms with Crippen LogP contribution in [0.1, 0.15) is 5.56 Å². The molecule has 0 unspecified atom stereocenters. The summed E-state index contributed by atoms with van der Waals surface area (Å²) in [5.41, 5.74) is 5.60. The van der Waals surface area contributed by atoms with E-state index >= 15 is 0 Å². The Morgan fingerprint density at radius 2 is 1.50 bits per heavy atom. The summed E-state index contributed by atoms with van der Waals surface area (Å²) in [7, 11) is 0. The maximum atomic E-state index is 5.96. The summed E-state index contributed by atoms with van der Waals surface area (Å²) in [5.74, 6) is 0. The molecule has 0 saturated heterocycles. The van der Waals surface area contributed by atoms with E-state index in [1.165, 1.54) is 5.56 Å². The molecule has 0 bridgehead atoms. The number of benzene rings is 2. The molecule has 98 valence electrons. The number of rotatable bonds is 2. The third-order valence-corrected chi connectivity index (χ3v) is 3.52. The van der Waals surface area contributed by atoms with Crippen molar-refractivity contribution in [2.75, 3.05) is 0 Å². The Balaban J connectivity index is 2.13. The van der Waals surface area contributed by atoms with Gasteiger partial charge in [0, 0.05) is 16.8 Å². The molecule has 3 rings (SSSR count). The van der Waals surface area contributed by atoms with E-state index in [1.807, 2.05) is 49.5 Å². The molecule has 1 aromatic heterocycles. The first-order valence-corrected chi connectivity index (χ1v) is 6.90. The molecular formula is C18H14ClN. The summed E-state index contributed by atoms with van der Waals surface area (Å²) in [4.78, 5) is 4.53. The topological polar surface area (TPSA) is 12.9 Å². The molecule has 0 amide bonds. The van der Waals surface area contributed by atoms with Crippen LogP contribution in [-0.4, -0.2) is 4.98 Å². The lowest BCUT2D eigenvalue weighted by molar-refractivity contribution is 1.27. The second-order valence-electron chi connectivity index (χ2n) is 4.77. The van der Waals surface area contributed by atoms with Crippen LogP contribution >= 0.6 is 11.6 Å². The molecule has 0 fully saturated rings. The third kappa shape index (κ3) is 2.59. The largest absolute Gasteiger partial charge is 0.256 e. The van der Waals surface area contributed by atoms with Gasteiger partial charge in [0.15, 0.2) is 0 Å². The van der Waals surface area contributed by atoms with Crippen LogP contribution in [-0.2, 0) is 0 Å². The zero-order valence-corrected chi connectivity index (χ0v) is 11.9. The molecule has 2 heteroatoms. The molecule has 0 atom stereocenters. The van der Waals surface area contributed by atoms with Crippen molar-refractivity contribution in [1.82, 2.24) is 4.98 Å². The lowest BCUT2D eigenvalue weighted by Gasteiger charge is -2.09. The average Bonchev–Trinajstić information content (AvgIpc) is 2.49. The molecular weight excluding hydrogens is 266 g/mol. The average molecular weight is 280 g/mol. The quantitative estimate of drug-likeness (QED) is 0.614. The van der Waals surface area contributed by atoms with E-state index in [1.54, 1.807) is 0 Å². The normalized spacial score (nSPS) is 10.5. The van der Waals surface area contributed by atoms with Gasteiger partial charge in [0.05, 0.1) is 5.69 Å². The Morgan fingerprint density at radius 1 is 0.800 bits per heavy atom. The highest BCUT2D eigenvalue weighted by atomic mass is 35.5. The summed E-state index contributed by atoms with van der Waals surface area (Å²) in [6.07, 6.45) is 1.90. The Kier molecular flexibility index (Phi) is 3.53. The number of hydrogen-bond acceptors (Lipinski definition) is 1. The summed E-state index contributed by atoms with van der Waals surface area (Å²) in [5, 5.41) is 0.750. The minimum atomic E-state index is 0.750. The lowest BCUT2D eigenvalue weighted by Crippen LogP contribution is -1.88. The summed E-state index contributed by atoms with van der Waals surface area (Å²) >= 11 is 5.96. The zero-order valence-electron chi connectivity index (χ0n) is 11.2. The van der Waals surface area contributed by atoms with Crippen LogP contribution < -0.4 is 0 Å². The minimum absolute atomic E-state index is 0.750. The van der Waals surface area contributed by atoms with Crippen molar-refractivity contribution >= 4 is 11.6 Å². The molecule has 0 saturated carbocycles. The Morgan fingerprint density at radius 3 is 2.15 bits per heavy atom. The molecule has 0 aliphatic heterocycles. The number of halogens is 1. The molecule has 0 aliphatic carbocycles. The Bertz CT molecular complexity index is 651. The van der Waals surface area contributed by atoms with Crippen molar-refractivity contribution in [2.24, 2.45) is 0 Å². The predicted molar refractivity (Wildman–Crippen MR) is 84.9 cm³/mol. The zero-order chi connectivity index (χ0) is 13.9. The summed E-state index contributed by atoms with van der Waals surface area (Å²) in [6, 6.07) is 20.3. The van der Waals surface area contributed by atoms with Crippen molar-refractivity contribution in [2.45, 2.75) is 6.92 Å². The fourth-order valence-electron chi connectivity index (χ4n) is 2.21. The highest BCUT2D eigenvalue weighted by Gasteiger charge is 2.07. The van der Waals surface area contributed by atoms with Crippen LogP contribution in [0.15, 0.2) is 66.9 Å². The van der Waals surface area contributed by atoms with E-state index < -0.39 is 0 Å². The number of aromatic nitrogens is 1. The Labute approximate surface area is 123 Å². The van der Waals surface area contributed by atoms with Crippen LogP contribution in [0.2, 0.25) is 5.02 Å². The van der Waals surface area contributed by atoms with Crippen LogP contribution in [0, 0.1) is 6.92 Å². The summed E-state index contributed by atoms with van der Waals surface area (Å²) < 4.78 is 0. The molecule has 0 spiro atoms. The van der Waals surface area contributed by atoms with Gasteiger partial charge in [0.1, 0.15) is 0 Å². The van der Waals surface area contributed by atoms with Crippen molar-refractivity contribution in [3.05, 3.63) is 77.4 Å². The highest BCUT2D eigenvalue weighted by molar-refractivity contribution is 6.30. The minimum Gasteiger partial charge on any atom is -0.256 e. The van der Waals surface area contributed by atoms with E-state index in [4.69, 9.17) is 11.6 Å². The molecule has 0 aliphatic rings. The predicted octanol–water partition coefficient (Wildman–Crippen LogP) is 5.38. The van der Waals surface area contributed by atoms with Gasteiger partial charge in [-0.1, -0.05) is 54.1 Å². The van der Waals surface area contributed by atoms with Gasteiger partial charge in [-0.25, -0.2) is 0 Å². The maximum Gasteiger partial charge on any atom is 0.0708 e. The molecule has 3 aromatic rings. The van der Waals surface area contributed by atoms with Gasteiger partial charge in [0.25, 0.3) is 0 Å². The standard InChI is InChI=1S/C18H14ClN/c1-13-6-11-18(20-12-13)17-5-3-2-4-16(17)14-7-9-15(19)10-8-14/h2-12H,1H3. The van der Waals surface area contributed by atoms with Gasteiger partial charge in [0.2, 0.25) is 0 Å². The van der Waals surface area contributed by atoms with Crippen molar-refractivity contribution in [1.29, 1.82) is 0 Å². The fraction of sp³-hybridized carbons (Fsp3) is 0.0556. The molecule has 2 aromatic carbocycles. The van der Waals surface area contributed by atoms with Gasteiger partial charge in [-0.2, -0.15) is 0 Å². The van der Waals surface area contributed by atoms with Gasteiger partial charge in [-0.05, 0) is 41.8 Å². The Hall–Kier alpha value is -2.12. The van der Waals surface area contributed by atoms with Crippen molar-refractivity contribution in [3.8, 4) is 22.4 Å². The monoisotopic (exact) mass is 279 g/mol. The van der Waals surface area contributed by atoms with E-state index in [0.29, 0.717) is 0 Å². The maximum absolute atomic E-state index is 5.96. The molecule has 20 heavy (non-hydrogen) atoms. The van der Waals surface area contributed by atoms with Crippen LogP contribution in [0.3, 0.4) is 0 Å². The van der Waals surface area contributed by atoms with Crippen molar-refractivity contribution in [3.63, 3.8) is 0 Å². The molecule has 0 radical (unpaired) electrons. The number of nitrogens with zero attached hydrogens (tertiary/aromatic N) is 1. The van der Waals surface area contributed by atoms with Gasteiger partial charge >= 0.3 is 0 Å². The number of pyridine rings is 1. The second-order valence-corrected chi connectivity index (χ2v) is 5.21. The summed E-state index contributed by atoms with van der Waals surface area (Å²) in [6.45, 7) is 2.04.